The van der Waals surface area contributed by atoms with Crippen LogP contribution < -0.4 is 5.73 Å². The predicted molar refractivity (Wildman–Crippen MR) is 78.0 cm³/mol. The quantitative estimate of drug-likeness (QED) is 0.758. The lowest BCUT2D eigenvalue weighted by Gasteiger charge is -2.50. The first-order chi connectivity index (χ1) is 8.68. The molecule has 0 amide bonds. The Morgan fingerprint density at radius 3 is 1.89 bits per heavy atom. The summed E-state index contributed by atoms with van der Waals surface area (Å²) in [4.78, 5) is 0. The molecular formula is C16H31NO2. The van der Waals surface area contributed by atoms with Crippen LogP contribution in [0.1, 0.15) is 72.6 Å². The highest BCUT2D eigenvalue weighted by atomic mass is 16.5. The zero-order chi connectivity index (χ0) is 14.4. The minimum Gasteiger partial charge on any atom is -0.386 e. The lowest BCUT2D eigenvalue weighted by Crippen LogP contribution is -2.61. The molecule has 2 aliphatic rings. The molecule has 1 saturated carbocycles. The number of rotatable bonds is 2. The Kier molecular flexibility index (Phi) is 3.79. The summed E-state index contributed by atoms with van der Waals surface area (Å²) in [5, 5.41) is 11.5. The second kappa shape index (κ2) is 4.71. The molecule has 0 aromatic heterocycles. The molecule has 3 nitrogen and oxygen atoms in total. The van der Waals surface area contributed by atoms with Gasteiger partial charge in [0.25, 0.3) is 0 Å². The Morgan fingerprint density at radius 1 is 1.00 bits per heavy atom. The van der Waals surface area contributed by atoms with Crippen molar-refractivity contribution in [3.63, 3.8) is 0 Å². The molecule has 3 heteroatoms. The zero-order valence-corrected chi connectivity index (χ0v) is 13.1. The van der Waals surface area contributed by atoms with Crippen LogP contribution in [-0.4, -0.2) is 28.5 Å². The van der Waals surface area contributed by atoms with E-state index in [9.17, 15) is 5.11 Å². The van der Waals surface area contributed by atoms with Crippen molar-refractivity contribution in [1.82, 2.24) is 0 Å². The maximum Gasteiger partial charge on any atom is 0.103 e. The highest BCUT2D eigenvalue weighted by Gasteiger charge is 2.65. The van der Waals surface area contributed by atoms with Crippen LogP contribution in [0.2, 0.25) is 0 Å². The normalized spacial score (nSPS) is 36.9. The van der Waals surface area contributed by atoms with Crippen molar-refractivity contribution in [2.75, 3.05) is 6.54 Å². The lowest BCUT2D eigenvalue weighted by atomic mass is 9.59. The van der Waals surface area contributed by atoms with Gasteiger partial charge in [-0.25, -0.2) is 0 Å². The van der Waals surface area contributed by atoms with E-state index < -0.39 is 11.2 Å². The average Bonchev–Trinajstić information content (AvgIpc) is 2.49. The van der Waals surface area contributed by atoms with Crippen LogP contribution >= 0.6 is 0 Å². The van der Waals surface area contributed by atoms with Crippen molar-refractivity contribution in [3.05, 3.63) is 0 Å². The molecule has 3 N–H and O–H groups in total. The number of aliphatic hydroxyl groups is 1. The molecule has 0 aromatic carbocycles. The van der Waals surface area contributed by atoms with Crippen LogP contribution in [0.15, 0.2) is 0 Å². The molecule has 2 fully saturated rings. The highest BCUT2D eigenvalue weighted by Crippen LogP contribution is 2.57. The van der Waals surface area contributed by atoms with Gasteiger partial charge in [0.15, 0.2) is 0 Å². The Hall–Kier alpha value is -0.120. The monoisotopic (exact) mass is 269 g/mol. The van der Waals surface area contributed by atoms with Gasteiger partial charge in [0, 0.05) is 18.4 Å². The summed E-state index contributed by atoms with van der Waals surface area (Å²) in [7, 11) is 0. The summed E-state index contributed by atoms with van der Waals surface area (Å²) in [6, 6.07) is 0. The van der Waals surface area contributed by atoms with Crippen LogP contribution in [0.4, 0.5) is 0 Å². The fourth-order valence-electron chi connectivity index (χ4n) is 4.66. The molecule has 0 spiro atoms. The van der Waals surface area contributed by atoms with Crippen molar-refractivity contribution >= 4 is 0 Å². The second-order valence-electron chi connectivity index (χ2n) is 7.81. The van der Waals surface area contributed by atoms with Gasteiger partial charge >= 0.3 is 0 Å². The van der Waals surface area contributed by atoms with Crippen LogP contribution in [0, 0.1) is 5.41 Å². The van der Waals surface area contributed by atoms with E-state index in [4.69, 9.17) is 10.5 Å². The van der Waals surface area contributed by atoms with Crippen molar-refractivity contribution in [1.29, 1.82) is 0 Å². The lowest BCUT2D eigenvalue weighted by molar-refractivity contribution is -0.180. The van der Waals surface area contributed by atoms with Crippen molar-refractivity contribution in [2.24, 2.45) is 11.1 Å². The summed E-state index contributed by atoms with van der Waals surface area (Å²) in [6.07, 6.45) is 7.63. The summed E-state index contributed by atoms with van der Waals surface area (Å²) in [5.74, 6) is 0. The van der Waals surface area contributed by atoms with Gasteiger partial charge in [-0.3, -0.25) is 0 Å². The van der Waals surface area contributed by atoms with Crippen LogP contribution in [-0.2, 0) is 4.74 Å². The molecule has 1 aliphatic carbocycles. The highest BCUT2D eigenvalue weighted by molar-refractivity contribution is 5.15. The van der Waals surface area contributed by atoms with Gasteiger partial charge in [-0.05, 0) is 40.5 Å². The van der Waals surface area contributed by atoms with E-state index in [1.807, 2.05) is 13.8 Å². The summed E-state index contributed by atoms with van der Waals surface area (Å²) >= 11 is 0. The molecule has 1 atom stereocenters. The third-order valence-electron chi connectivity index (χ3n) is 5.54. The van der Waals surface area contributed by atoms with Gasteiger partial charge in [-0.15, -0.1) is 0 Å². The molecule has 2 rings (SSSR count). The van der Waals surface area contributed by atoms with E-state index in [0.29, 0.717) is 13.0 Å². The van der Waals surface area contributed by atoms with Crippen LogP contribution in [0.25, 0.3) is 0 Å². The fraction of sp³-hybridized carbons (Fsp3) is 1.00. The average molecular weight is 269 g/mol. The molecule has 0 bridgehead atoms. The summed E-state index contributed by atoms with van der Waals surface area (Å²) in [5.41, 5.74) is 4.37. The number of ether oxygens (including phenoxy) is 1. The topological polar surface area (TPSA) is 55.5 Å². The largest absolute Gasteiger partial charge is 0.386 e. The van der Waals surface area contributed by atoms with E-state index in [2.05, 4.69) is 13.8 Å². The Balaban J connectivity index is 2.40. The minimum atomic E-state index is -0.817. The van der Waals surface area contributed by atoms with E-state index in [1.165, 1.54) is 25.7 Å². The van der Waals surface area contributed by atoms with Crippen molar-refractivity contribution in [3.8, 4) is 0 Å². The molecule has 0 radical (unpaired) electrons. The van der Waals surface area contributed by atoms with Gasteiger partial charge in [-0.2, -0.15) is 0 Å². The van der Waals surface area contributed by atoms with Gasteiger partial charge in [0.2, 0.25) is 0 Å². The first-order valence-electron chi connectivity index (χ1n) is 7.81. The molecule has 1 saturated heterocycles. The van der Waals surface area contributed by atoms with Crippen LogP contribution in [0.5, 0.6) is 0 Å². The Bertz CT molecular complexity index is 330. The van der Waals surface area contributed by atoms with Gasteiger partial charge in [0.1, 0.15) is 5.60 Å². The number of hydrogen-bond acceptors (Lipinski definition) is 3. The maximum atomic E-state index is 11.5. The van der Waals surface area contributed by atoms with Crippen LogP contribution in [0.3, 0.4) is 0 Å². The first-order valence-corrected chi connectivity index (χ1v) is 7.81. The number of hydrogen-bond donors (Lipinski definition) is 2. The molecule has 1 unspecified atom stereocenters. The van der Waals surface area contributed by atoms with E-state index in [0.717, 1.165) is 12.8 Å². The third-order valence-corrected chi connectivity index (χ3v) is 5.54. The fourth-order valence-corrected chi connectivity index (χ4v) is 4.66. The standard InChI is InChI=1S/C16H31NO2/c1-13(2)11-16(18,14(3,4)19-13)15(12-17)9-7-5-6-8-10-15/h18H,5-12,17H2,1-4H3. The summed E-state index contributed by atoms with van der Waals surface area (Å²) < 4.78 is 6.17. The second-order valence-corrected chi connectivity index (χ2v) is 7.81. The molecule has 0 aromatic rings. The Labute approximate surface area is 117 Å². The number of nitrogens with two attached hydrogens (primary N) is 1. The first kappa shape index (κ1) is 15.3. The smallest absolute Gasteiger partial charge is 0.103 e. The third kappa shape index (κ3) is 2.34. The SMILES string of the molecule is CC1(C)CC(O)(C2(CN)CCCCCC2)C(C)(C)O1. The molecule has 1 heterocycles. The van der Waals surface area contributed by atoms with Crippen molar-refractivity contribution < 1.29 is 9.84 Å². The maximum absolute atomic E-state index is 11.5. The van der Waals surface area contributed by atoms with E-state index in [1.54, 1.807) is 0 Å². The predicted octanol–water partition coefficient (Wildman–Crippen LogP) is 2.99. The molecule has 1 aliphatic heterocycles. The molecule has 19 heavy (non-hydrogen) atoms. The van der Waals surface area contributed by atoms with E-state index >= 15 is 0 Å². The summed E-state index contributed by atoms with van der Waals surface area (Å²) in [6.45, 7) is 8.78. The van der Waals surface area contributed by atoms with Gasteiger partial charge in [-0.1, -0.05) is 25.7 Å². The van der Waals surface area contributed by atoms with E-state index in [-0.39, 0.29) is 11.0 Å². The van der Waals surface area contributed by atoms with Gasteiger partial charge < -0.3 is 15.6 Å². The minimum absolute atomic E-state index is 0.180. The molecular weight excluding hydrogens is 238 g/mol. The van der Waals surface area contributed by atoms with Gasteiger partial charge in [0.05, 0.1) is 11.2 Å². The molecule has 112 valence electrons. The van der Waals surface area contributed by atoms with Crippen molar-refractivity contribution in [2.45, 2.75) is 89.4 Å². The zero-order valence-electron chi connectivity index (χ0n) is 13.1. The Morgan fingerprint density at radius 2 is 1.53 bits per heavy atom.